The maximum atomic E-state index is 12.7. The number of nitrogens with zero attached hydrogens (tertiary/aromatic N) is 1. The van der Waals surface area contributed by atoms with E-state index in [0.717, 1.165) is 50.2 Å². The largest absolute Gasteiger partial charge is 0.417 e. The first-order valence-corrected chi connectivity index (χ1v) is 8.94. The average Bonchev–Trinajstić information content (AvgIpc) is 3.05. The van der Waals surface area contributed by atoms with Crippen LogP contribution in [0.1, 0.15) is 36.3 Å². The maximum Gasteiger partial charge on any atom is 0.417 e. The highest BCUT2D eigenvalue weighted by atomic mass is 19.4. The fourth-order valence-electron chi connectivity index (χ4n) is 3.97. The molecule has 2 aliphatic heterocycles. The molecular formula is C20H21F3N2O. The van der Waals surface area contributed by atoms with Gasteiger partial charge in [-0.3, -0.25) is 4.98 Å². The van der Waals surface area contributed by atoms with Gasteiger partial charge in [0.05, 0.1) is 23.5 Å². The van der Waals surface area contributed by atoms with Crippen molar-refractivity contribution in [1.29, 1.82) is 0 Å². The van der Waals surface area contributed by atoms with E-state index < -0.39 is 11.7 Å². The van der Waals surface area contributed by atoms with Crippen molar-refractivity contribution in [3.05, 3.63) is 53.7 Å². The fourth-order valence-corrected chi connectivity index (χ4v) is 3.97. The third-order valence-corrected chi connectivity index (χ3v) is 5.47. The van der Waals surface area contributed by atoms with Crippen LogP contribution in [0.4, 0.5) is 13.2 Å². The zero-order chi connectivity index (χ0) is 18.2. The lowest BCUT2D eigenvalue weighted by atomic mass is 9.83. The van der Waals surface area contributed by atoms with Gasteiger partial charge in [-0.25, -0.2) is 0 Å². The van der Waals surface area contributed by atoms with Crippen molar-refractivity contribution in [2.24, 2.45) is 0 Å². The summed E-state index contributed by atoms with van der Waals surface area (Å²) in [4.78, 5) is 4.01. The van der Waals surface area contributed by atoms with E-state index in [4.69, 9.17) is 4.74 Å². The van der Waals surface area contributed by atoms with Gasteiger partial charge >= 0.3 is 6.18 Å². The Morgan fingerprint density at radius 3 is 2.62 bits per heavy atom. The van der Waals surface area contributed by atoms with E-state index in [1.54, 1.807) is 0 Å². The standard InChI is InChI=1S/C20H21F3N2O/c21-20(22,23)17-4-5-18(25-12-17)15-3-1-2-14(10-15)16-11-19(26-13-16)6-8-24-9-7-19/h1-5,10,12,16,24H,6-9,11,13H2/t16-/m0/s1. The van der Waals surface area contributed by atoms with E-state index in [1.165, 1.54) is 11.6 Å². The fraction of sp³-hybridized carbons (Fsp3) is 0.450. The maximum absolute atomic E-state index is 12.7. The number of aromatic nitrogens is 1. The highest BCUT2D eigenvalue weighted by molar-refractivity contribution is 5.60. The van der Waals surface area contributed by atoms with Crippen LogP contribution in [-0.2, 0) is 10.9 Å². The summed E-state index contributed by atoms with van der Waals surface area (Å²) in [5, 5.41) is 3.37. The molecule has 2 saturated heterocycles. The molecule has 3 heterocycles. The van der Waals surface area contributed by atoms with E-state index >= 15 is 0 Å². The van der Waals surface area contributed by atoms with Crippen LogP contribution >= 0.6 is 0 Å². The number of piperidine rings is 1. The zero-order valence-electron chi connectivity index (χ0n) is 14.4. The predicted molar refractivity (Wildman–Crippen MR) is 92.8 cm³/mol. The van der Waals surface area contributed by atoms with Gasteiger partial charge in [-0.1, -0.05) is 18.2 Å². The molecule has 0 radical (unpaired) electrons. The topological polar surface area (TPSA) is 34.1 Å². The summed E-state index contributed by atoms with van der Waals surface area (Å²) >= 11 is 0. The number of hydrogen-bond donors (Lipinski definition) is 1. The summed E-state index contributed by atoms with van der Waals surface area (Å²) in [6, 6.07) is 10.4. The smallest absolute Gasteiger partial charge is 0.374 e. The highest BCUT2D eigenvalue weighted by Crippen LogP contribution is 2.42. The van der Waals surface area contributed by atoms with Crippen molar-refractivity contribution < 1.29 is 17.9 Å². The second kappa shape index (κ2) is 6.67. The van der Waals surface area contributed by atoms with Gasteiger partial charge < -0.3 is 10.1 Å². The Balaban J connectivity index is 1.54. The van der Waals surface area contributed by atoms with Crippen molar-refractivity contribution in [3.8, 4) is 11.3 Å². The average molecular weight is 362 g/mol. The molecule has 1 N–H and O–H groups in total. The van der Waals surface area contributed by atoms with Crippen molar-refractivity contribution >= 4 is 0 Å². The van der Waals surface area contributed by atoms with Crippen LogP contribution in [0.3, 0.4) is 0 Å². The van der Waals surface area contributed by atoms with Crippen molar-refractivity contribution in [2.45, 2.75) is 37.0 Å². The zero-order valence-corrected chi connectivity index (χ0v) is 14.4. The van der Waals surface area contributed by atoms with Crippen LogP contribution in [0.2, 0.25) is 0 Å². The Hall–Kier alpha value is -1.92. The monoisotopic (exact) mass is 362 g/mol. The van der Waals surface area contributed by atoms with E-state index in [-0.39, 0.29) is 5.60 Å². The van der Waals surface area contributed by atoms with Crippen molar-refractivity contribution in [3.63, 3.8) is 0 Å². The number of halogens is 3. The Bertz CT molecular complexity index is 767. The Morgan fingerprint density at radius 1 is 1.12 bits per heavy atom. The second-order valence-corrected chi connectivity index (χ2v) is 7.20. The molecule has 2 aromatic rings. The molecule has 1 spiro atoms. The summed E-state index contributed by atoms with van der Waals surface area (Å²) in [6.07, 6.45) is -0.408. The first-order chi connectivity index (χ1) is 12.5. The van der Waals surface area contributed by atoms with Crippen LogP contribution in [0, 0.1) is 0 Å². The molecule has 0 amide bonds. The molecule has 2 fully saturated rings. The molecule has 6 heteroatoms. The van der Waals surface area contributed by atoms with Crippen molar-refractivity contribution in [1.82, 2.24) is 10.3 Å². The third-order valence-electron chi connectivity index (χ3n) is 5.47. The van der Waals surface area contributed by atoms with Crippen LogP contribution < -0.4 is 5.32 Å². The van der Waals surface area contributed by atoms with Gasteiger partial charge in [-0.15, -0.1) is 0 Å². The molecule has 1 atom stereocenters. The lowest BCUT2D eigenvalue weighted by molar-refractivity contribution is -0.137. The second-order valence-electron chi connectivity index (χ2n) is 7.20. The molecule has 1 aromatic heterocycles. The molecule has 0 unspecified atom stereocenters. The Labute approximate surface area is 150 Å². The van der Waals surface area contributed by atoms with Crippen LogP contribution in [-0.4, -0.2) is 30.3 Å². The summed E-state index contributed by atoms with van der Waals surface area (Å²) in [7, 11) is 0. The normalized spacial score (nSPS) is 22.7. The molecule has 3 nitrogen and oxygen atoms in total. The first kappa shape index (κ1) is 17.5. The summed E-state index contributed by atoms with van der Waals surface area (Å²) in [6.45, 7) is 2.67. The van der Waals surface area contributed by atoms with Gasteiger partial charge in [-0.2, -0.15) is 13.2 Å². The number of alkyl halides is 3. The SMILES string of the molecule is FC(F)(F)c1ccc(-c2cccc([C@@H]3COC4(CCNCC4)C3)c2)nc1. The molecule has 26 heavy (non-hydrogen) atoms. The van der Waals surface area contributed by atoms with E-state index in [9.17, 15) is 13.2 Å². The van der Waals surface area contributed by atoms with E-state index in [1.807, 2.05) is 18.2 Å². The van der Waals surface area contributed by atoms with Gasteiger partial charge in [0.2, 0.25) is 0 Å². The van der Waals surface area contributed by atoms with Crippen LogP contribution in [0.15, 0.2) is 42.6 Å². The summed E-state index contributed by atoms with van der Waals surface area (Å²) in [5.74, 6) is 0.322. The first-order valence-electron chi connectivity index (χ1n) is 8.94. The summed E-state index contributed by atoms with van der Waals surface area (Å²) in [5.41, 5.74) is 1.81. The lowest BCUT2D eigenvalue weighted by Gasteiger charge is -2.33. The summed E-state index contributed by atoms with van der Waals surface area (Å²) < 4.78 is 44.3. The molecule has 0 saturated carbocycles. The van der Waals surface area contributed by atoms with Crippen molar-refractivity contribution in [2.75, 3.05) is 19.7 Å². The number of nitrogens with one attached hydrogen (secondary N) is 1. The van der Waals surface area contributed by atoms with Gasteiger partial charge in [0, 0.05) is 17.7 Å². The minimum absolute atomic E-state index is 0.0153. The van der Waals surface area contributed by atoms with Gasteiger partial charge in [0.15, 0.2) is 0 Å². The molecule has 2 aliphatic rings. The Morgan fingerprint density at radius 2 is 1.92 bits per heavy atom. The van der Waals surface area contributed by atoms with Gasteiger partial charge in [0.25, 0.3) is 0 Å². The van der Waals surface area contributed by atoms with Gasteiger partial charge in [0.1, 0.15) is 0 Å². The molecule has 4 rings (SSSR count). The highest BCUT2D eigenvalue weighted by Gasteiger charge is 2.41. The number of rotatable bonds is 2. The molecule has 1 aromatic carbocycles. The lowest BCUT2D eigenvalue weighted by Crippen LogP contribution is -2.41. The van der Waals surface area contributed by atoms with Crippen LogP contribution in [0.25, 0.3) is 11.3 Å². The predicted octanol–water partition coefficient (Wildman–Crippen LogP) is 4.39. The molecule has 0 bridgehead atoms. The Kier molecular flexibility index (Phi) is 4.49. The minimum atomic E-state index is -4.36. The quantitative estimate of drug-likeness (QED) is 0.860. The molecule has 138 valence electrons. The molecule has 0 aliphatic carbocycles. The molecular weight excluding hydrogens is 341 g/mol. The van der Waals surface area contributed by atoms with E-state index in [2.05, 4.69) is 16.4 Å². The number of hydrogen-bond acceptors (Lipinski definition) is 3. The number of pyridine rings is 1. The van der Waals surface area contributed by atoms with E-state index in [0.29, 0.717) is 18.2 Å². The van der Waals surface area contributed by atoms with Gasteiger partial charge in [-0.05, 0) is 56.1 Å². The third kappa shape index (κ3) is 3.48. The minimum Gasteiger partial charge on any atom is -0.374 e. The number of ether oxygens (including phenoxy) is 1. The number of benzene rings is 1. The van der Waals surface area contributed by atoms with Crippen LogP contribution in [0.5, 0.6) is 0 Å².